The predicted octanol–water partition coefficient (Wildman–Crippen LogP) is 8.41. The molecule has 0 bridgehead atoms. The number of thiophene rings is 1. The summed E-state index contributed by atoms with van der Waals surface area (Å²) in [6, 6.07) is 33.4. The van der Waals surface area contributed by atoms with E-state index in [1.807, 2.05) is 56.3 Å². The van der Waals surface area contributed by atoms with E-state index in [4.69, 9.17) is 9.47 Å². The second kappa shape index (κ2) is 19.3. The van der Waals surface area contributed by atoms with Gasteiger partial charge in [-0.2, -0.15) is 0 Å². The molecule has 0 fully saturated rings. The molecule has 288 valence electrons. The Labute approximate surface area is 335 Å². The van der Waals surface area contributed by atoms with Crippen molar-refractivity contribution < 1.29 is 28.7 Å². The van der Waals surface area contributed by atoms with Gasteiger partial charge in [-0.25, -0.2) is 4.79 Å². The number of para-hydroxylation sites is 1. The summed E-state index contributed by atoms with van der Waals surface area (Å²) in [4.78, 5) is 58.0. The number of thioether (sulfide) groups is 1. The van der Waals surface area contributed by atoms with Gasteiger partial charge < -0.3 is 25.4 Å². The Balaban J connectivity index is 1.17. The van der Waals surface area contributed by atoms with Gasteiger partial charge in [-0.05, 0) is 73.4 Å². The van der Waals surface area contributed by atoms with Crippen molar-refractivity contribution in [1.82, 2.24) is 10.2 Å². The summed E-state index contributed by atoms with van der Waals surface area (Å²) in [6.45, 7) is 6.48. The van der Waals surface area contributed by atoms with E-state index in [-0.39, 0.29) is 11.6 Å². The van der Waals surface area contributed by atoms with Crippen molar-refractivity contribution in [1.29, 1.82) is 0 Å². The molecule has 0 spiro atoms. The number of rotatable bonds is 15. The minimum Gasteiger partial charge on any atom is -0.493 e. The van der Waals surface area contributed by atoms with Crippen molar-refractivity contribution >= 4 is 63.6 Å². The second-order valence-corrected chi connectivity index (χ2v) is 15.4. The molecule has 0 radical (unpaired) electrons. The van der Waals surface area contributed by atoms with E-state index in [1.165, 1.54) is 35.8 Å². The third-order valence-electron chi connectivity index (χ3n) is 9.09. The molecule has 56 heavy (non-hydrogen) atoms. The molecule has 4 aromatic carbocycles. The first-order valence-electron chi connectivity index (χ1n) is 18.4. The fourth-order valence-electron chi connectivity index (χ4n) is 6.35. The van der Waals surface area contributed by atoms with Crippen molar-refractivity contribution in [3.05, 3.63) is 148 Å². The maximum atomic E-state index is 13.8. The fourth-order valence-corrected chi connectivity index (χ4v) is 8.64. The van der Waals surface area contributed by atoms with E-state index in [0.29, 0.717) is 59.1 Å². The molecule has 10 nitrogen and oxygen atoms in total. The highest BCUT2D eigenvalue weighted by Crippen LogP contribution is 2.39. The molecule has 1 aliphatic heterocycles. The van der Waals surface area contributed by atoms with Gasteiger partial charge in [0.05, 0.1) is 24.5 Å². The summed E-state index contributed by atoms with van der Waals surface area (Å²) >= 11 is 2.78. The zero-order chi connectivity index (χ0) is 39.4. The van der Waals surface area contributed by atoms with Gasteiger partial charge in [0.2, 0.25) is 5.91 Å². The zero-order valence-corrected chi connectivity index (χ0v) is 33.1. The van der Waals surface area contributed by atoms with Crippen LogP contribution in [0.1, 0.15) is 62.6 Å². The summed E-state index contributed by atoms with van der Waals surface area (Å²) in [7, 11) is 1.36. The molecule has 12 heteroatoms. The van der Waals surface area contributed by atoms with Gasteiger partial charge in [0.1, 0.15) is 16.4 Å². The van der Waals surface area contributed by atoms with Gasteiger partial charge >= 0.3 is 5.97 Å². The van der Waals surface area contributed by atoms with E-state index >= 15 is 0 Å². The van der Waals surface area contributed by atoms with Crippen LogP contribution in [0, 0.1) is 0 Å². The standard InChI is InChI=1S/C44H44N4O6S2/c1-4-37(42(51)47-43-39(44(52)53-3)34-23-24-48(28-38(34)56-43)27-29-15-8-6-9-16-29)55-33-21-14-20-32(26-33)45-41(50)35(46-40(49)30-17-10-7-11-18-30)25-31-19-12-13-22-36(31)54-5-2/h6-22,25-26,37H,4-5,23-24,27-28H2,1-3H3,(H,45,50)(H,46,49)(H,47,51)/b35-25+. The quantitative estimate of drug-likeness (QED) is 0.0549. The van der Waals surface area contributed by atoms with Crippen LogP contribution in [0.25, 0.3) is 6.08 Å². The van der Waals surface area contributed by atoms with Crippen molar-refractivity contribution in [2.45, 2.75) is 49.9 Å². The average molecular weight is 789 g/mol. The van der Waals surface area contributed by atoms with Crippen LogP contribution in [0.4, 0.5) is 10.7 Å². The number of methoxy groups -OCH3 is 1. The number of esters is 1. The van der Waals surface area contributed by atoms with Gasteiger partial charge in [-0.15, -0.1) is 23.1 Å². The summed E-state index contributed by atoms with van der Waals surface area (Å²) in [5, 5.41) is 8.74. The largest absolute Gasteiger partial charge is 0.493 e. The van der Waals surface area contributed by atoms with Gasteiger partial charge in [0.25, 0.3) is 11.8 Å². The van der Waals surface area contributed by atoms with Gasteiger partial charge in [0.15, 0.2) is 0 Å². The molecule has 3 N–H and O–H groups in total. The Morgan fingerprint density at radius 1 is 0.893 bits per heavy atom. The molecule has 1 aliphatic rings. The molecule has 0 saturated heterocycles. The molecule has 2 heterocycles. The molecule has 5 aromatic rings. The first-order valence-corrected chi connectivity index (χ1v) is 20.1. The highest BCUT2D eigenvalue weighted by Gasteiger charge is 2.31. The molecule has 3 amide bonds. The Kier molecular flexibility index (Phi) is 13.7. The summed E-state index contributed by atoms with van der Waals surface area (Å²) in [6.07, 6.45) is 2.77. The lowest BCUT2D eigenvalue weighted by atomic mass is 10.0. The van der Waals surface area contributed by atoms with Crippen molar-refractivity contribution in [3.63, 3.8) is 0 Å². The Morgan fingerprint density at radius 2 is 1.62 bits per heavy atom. The van der Waals surface area contributed by atoms with Crippen LogP contribution >= 0.6 is 23.1 Å². The number of nitrogens with one attached hydrogen (secondary N) is 3. The van der Waals surface area contributed by atoms with Crippen LogP contribution in [0.2, 0.25) is 0 Å². The lowest BCUT2D eigenvalue weighted by Gasteiger charge is -2.27. The van der Waals surface area contributed by atoms with E-state index in [0.717, 1.165) is 28.4 Å². The van der Waals surface area contributed by atoms with E-state index in [9.17, 15) is 19.2 Å². The highest BCUT2D eigenvalue weighted by atomic mass is 32.2. The van der Waals surface area contributed by atoms with Gasteiger partial charge in [-0.1, -0.05) is 79.7 Å². The number of amides is 3. The lowest BCUT2D eigenvalue weighted by Crippen LogP contribution is -2.30. The smallest absolute Gasteiger partial charge is 0.341 e. The Morgan fingerprint density at radius 3 is 2.36 bits per heavy atom. The molecular formula is C44H44N4O6S2. The number of carbonyl (C=O) groups excluding carboxylic acids is 4. The van der Waals surface area contributed by atoms with Gasteiger partial charge in [-0.3, -0.25) is 19.3 Å². The summed E-state index contributed by atoms with van der Waals surface area (Å²) in [5.74, 6) is -1.10. The fraction of sp³-hybridized carbons (Fsp3) is 0.227. The maximum Gasteiger partial charge on any atom is 0.341 e. The molecule has 0 aliphatic carbocycles. The van der Waals surface area contributed by atoms with Crippen LogP contribution in [-0.4, -0.2) is 54.1 Å². The molecular weight excluding hydrogens is 745 g/mol. The number of nitrogens with zero attached hydrogens (tertiary/aromatic N) is 1. The lowest BCUT2D eigenvalue weighted by molar-refractivity contribution is -0.116. The van der Waals surface area contributed by atoms with Crippen LogP contribution < -0.4 is 20.7 Å². The van der Waals surface area contributed by atoms with Gasteiger partial charge in [0, 0.05) is 46.2 Å². The van der Waals surface area contributed by atoms with Crippen molar-refractivity contribution in [2.75, 3.05) is 30.9 Å². The Bertz CT molecular complexity index is 2210. The third kappa shape index (κ3) is 10.1. The van der Waals surface area contributed by atoms with Crippen LogP contribution in [0.5, 0.6) is 5.75 Å². The normalized spacial score (nSPS) is 13.2. The molecule has 6 rings (SSSR count). The minimum absolute atomic E-state index is 0.0260. The third-order valence-corrected chi connectivity index (χ3v) is 11.6. The van der Waals surface area contributed by atoms with Crippen LogP contribution in [0.15, 0.2) is 120 Å². The summed E-state index contributed by atoms with van der Waals surface area (Å²) in [5.41, 5.74) is 4.11. The van der Waals surface area contributed by atoms with E-state index in [2.05, 4.69) is 33.0 Å². The number of fused-ring (bicyclic) bond motifs is 1. The van der Waals surface area contributed by atoms with E-state index < -0.39 is 23.0 Å². The number of hydrogen-bond acceptors (Lipinski definition) is 9. The minimum atomic E-state index is -0.535. The van der Waals surface area contributed by atoms with Crippen LogP contribution in [0.3, 0.4) is 0 Å². The molecule has 1 atom stereocenters. The maximum absolute atomic E-state index is 13.8. The summed E-state index contributed by atoms with van der Waals surface area (Å²) < 4.78 is 10.9. The first-order chi connectivity index (χ1) is 27.3. The molecule has 1 unspecified atom stereocenters. The first kappa shape index (κ1) is 40.0. The topological polar surface area (TPSA) is 126 Å². The highest BCUT2D eigenvalue weighted by molar-refractivity contribution is 8.00. The monoisotopic (exact) mass is 788 g/mol. The van der Waals surface area contributed by atoms with Crippen molar-refractivity contribution in [2.24, 2.45) is 0 Å². The van der Waals surface area contributed by atoms with Crippen molar-refractivity contribution in [3.8, 4) is 5.75 Å². The number of ether oxygens (including phenoxy) is 2. The number of benzene rings is 4. The SMILES string of the molecule is CCOc1ccccc1/C=C(/NC(=O)c1ccccc1)C(=O)Nc1cccc(SC(CC)C(=O)Nc2sc3c(c2C(=O)OC)CCN(Cc2ccccc2)C3)c1. The predicted molar refractivity (Wildman–Crippen MR) is 223 cm³/mol. The average Bonchev–Trinajstić information content (AvgIpc) is 3.57. The molecule has 1 aromatic heterocycles. The second-order valence-electron chi connectivity index (χ2n) is 13.0. The molecule has 0 saturated carbocycles. The van der Waals surface area contributed by atoms with E-state index in [1.54, 1.807) is 60.7 Å². The number of anilines is 2. The van der Waals surface area contributed by atoms with Crippen LogP contribution in [-0.2, 0) is 33.8 Å². The zero-order valence-electron chi connectivity index (χ0n) is 31.5. The Hall–Kier alpha value is -5.69. The number of carbonyl (C=O) groups is 4. The number of hydrogen-bond donors (Lipinski definition) is 3.